The molecule has 0 unspecified atom stereocenters. The Morgan fingerprint density at radius 3 is 1.13 bits per heavy atom. The fourth-order valence-corrected chi connectivity index (χ4v) is 6.97. The molecule has 0 saturated carbocycles. The number of aromatic nitrogens is 2. The number of rotatable bonds is 7. The van der Waals surface area contributed by atoms with Crippen LogP contribution in [-0.2, 0) is 9.31 Å². The third-order valence-corrected chi connectivity index (χ3v) is 10.8. The molecule has 0 radical (unpaired) electrons. The van der Waals surface area contributed by atoms with Gasteiger partial charge in [-0.05, 0) is 121 Å². The predicted octanol–water partition coefficient (Wildman–Crippen LogP) is 11.4. The van der Waals surface area contributed by atoms with Crippen LogP contribution < -0.4 is 5.46 Å². The Hall–Kier alpha value is -5.62. The first-order chi connectivity index (χ1) is 25.5. The van der Waals surface area contributed by atoms with Crippen molar-refractivity contribution in [3.8, 4) is 67.0 Å². The lowest BCUT2D eigenvalue weighted by Gasteiger charge is -2.32. The first kappa shape index (κ1) is 34.5. The molecule has 1 fully saturated rings. The molecule has 0 aliphatic carbocycles. The van der Waals surface area contributed by atoms with E-state index in [9.17, 15) is 0 Å². The fraction of sp³-hybridized carbons (Fsp3) is 0.167. The van der Waals surface area contributed by atoms with Gasteiger partial charge in [0.15, 0.2) is 0 Å². The normalized spacial score (nSPS) is 14.7. The molecular weight excluding hydrogens is 647 g/mol. The Labute approximate surface area is 313 Å². The quantitative estimate of drug-likeness (QED) is 0.156. The minimum Gasteiger partial charge on any atom is -0.399 e. The van der Waals surface area contributed by atoms with Crippen LogP contribution in [0.1, 0.15) is 38.8 Å². The first-order valence-corrected chi connectivity index (χ1v) is 18.3. The zero-order valence-electron chi connectivity index (χ0n) is 31.2. The average molecular weight is 691 g/mol. The van der Waals surface area contributed by atoms with Crippen molar-refractivity contribution in [1.29, 1.82) is 0 Å². The SMILES string of the molecule is Cc1ccc(-c2ccc(-c3ccccc3-c3cc(B4OC(C)(C)C(C)(C)O4)cc(-c4ccccc4-c4ccc(-c5ccc(C)cn5)cc4)c3)cc2)nc1. The van der Waals surface area contributed by atoms with E-state index in [1.165, 1.54) is 0 Å². The van der Waals surface area contributed by atoms with Gasteiger partial charge in [0.2, 0.25) is 0 Å². The number of aryl methyl sites for hydroxylation is 2. The van der Waals surface area contributed by atoms with Gasteiger partial charge in [0, 0.05) is 23.5 Å². The van der Waals surface area contributed by atoms with Crippen molar-refractivity contribution < 1.29 is 9.31 Å². The van der Waals surface area contributed by atoms with Gasteiger partial charge in [0.25, 0.3) is 0 Å². The minimum atomic E-state index is -0.513. The van der Waals surface area contributed by atoms with Gasteiger partial charge in [-0.3, -0.25) is 9.97 Å². The van der Waals surface area contributed by atoms with Crippen molar-refractivity contribution in [3.05, 3.63) is 163 Å². The highest BCUT2D eigenvalue weighted by Gasteiger charge is 2.51. The molecule has 53 heavy (non-hydrogen) atoms. The highest BCUT2D eigenvalue weighted by atomic mass is 16.7. The van der Waals surface area contributed by atoms with Crippen LogP contribution in [0.2, 0.25) is 0 Å². The highest BCUT2D eigenvalue weighted by molar-refractivity contribution is 6.62. The molecule has 0 amide bonds. The predicted molar refractivity (Wildman–Crippen MR) is 220 cm³/mol. The summed E-state index contributed by atoms with van der Waals surface area (Å²) in [4.78, 5) is 9.29. The Balaban J connectivity index is 1.23. The van der Waals surface area contributed by atoms with Gasteiger partial charge in [-0.1, -0.05) is 121 Å². The number of hydrogen-bond donors (Lipinski definition) is 0. The molecule has 1 aliphatic heterocycles. The Morgan fingerprint density at radius 2 is 0.774 bits per heavy atom. The van der Waals surface area contributed by atoms with E-state index in [1.54, 1.807) is 0 Å². The van der Waals surface area contributed by atoms with E-state index < -0.39 is 18.3 Å². The monoisotopic (exact) mass is 690 g/mol. The van der Waals surface area contributed by atoms with Gasteiger partial charge in [0.05, 0.1) is 22.6 Å². The minimum absolute atomic E-state index is 0.467. The van der Waals surface area contributed by atoms with Crippen LogP contribution >= 0.6 is 0 Å². The second-order valence-corrected chi connectivity index (χ2v) is 15.1. The molecule has 3 heterocycles. The van der Waals surface area contributed by atoms with Gasteiger partial charge in [-0.25, -0.2) is 0 Å². The molecule has 0 spiro atoms. The molecule has 1 saturated heterocycles. The standard InChI is InChI=1S/C48H43BN2O2/c1-32-15-25-45(50-30-32)36-21-17-34(18-22-36)41-11-7-9-13-43(41)38-27-39(29-40(28-38)49-52-47(3,4)48(5,6)53-49)44-14-10-8-12-42(44)35-19-23-37(24-20-35)46-26-16-33(2)31-51-46/h7-31H,1-6H3. The van der Waals surface area contributed by atoms with E-state index in [2.05, 4.69) is 191 Å². The summed E-state index contributed by atoms with van der Waals surface area (Å²) in [6.07, 6.45) is 3.83. The largest absolute Gasteiger partial charge is 0.494 e. The van der Waals surface area contributed by atoms with Crippen LogP contribution in [0.4, 0.5) is 0 Å². The Bertz CT molecular complexity index is 2230. The third kappa shape index (κ3) is 6.86. The molecule has 260 valence electrons. The molecule has 2 aromatic heterocycles. The first-order valence-electron chi connectivity index (χ1n) is 18.3. The second kappa shape index (κ2) is 13.7. The van der Waals surface area contributed by atoms with Crippen LogP contribution in [0.25, 0.3) is 67.0 Å². The highest BCUT2D eigenvalue weighted by Crippen LogP contribution is 2.40. The maximum atomic E-state index is 6.65. The van der Waals surface area contributed by atoms with E-state index in [1.807, 2.05) is 12.4 Å². The van der Waals surface area contributed by atoms with E-state index in [0.29, 0.717) is 0 Å². The third-order valence-electron chi connectivity index (χ3n) is 10.8. The summed E-state index contributed by atoms with van der Waals surface area (Å²) in [6.45, 7) is 12.5. The molecule has 0 bridgehead atoms. The van der Waals surface area contributed by atoms with Gasteiger partial charge >= 0.3 is 7.12 Å². The molecule has 1 aliphatic rings. The summed E-state index contributed by atoms with van der Waals surface area (Å²) in [5.74, 6) is 0. The van der Waals surface area contributed by atoms with Crippen LogP contribution in [-0.4, -0.2) is 28.3 Å². The number of pyridine rings is 2. The van der Waals surface area contributed by atoms with Crippen molar-refractivity contribution >= 4 is 12.6 Å². The molecule has 4 nitrogen and oxygen atoms in total. The summed E-state index contributed by atoms with van der Waals surface area (Å²) >= 11 is 0. The smallest absolute Gasteiger partial charge is 0.399 e. The van der Waals surface area contributed by atoms with Crippen molar-refractivity contribution in [2.45, 2.75) is 52.7 Å². The van der Waals surface area contributed by atoms with E-state index in [0.717, 1.165) is 83.6 Å². The number of hydrogen-bond acceptors (Lipinski definition) is 4. The van der Waals surface area contributed by atoms with Gasteiger partial charge in [0.1, 0.15) is 0 Å². The zero-order chi connectivity index (χ0) is 36.7. The summed E-state index contributed by atoms with van der Waals surface area (Å²) in [5, 5.41) is 0. The lowest BCUT2D eigenvalue weighted by Crippen LogP contribution is -2.41. The summed E-state index contributed by atoms with van der Waals surface area (Å²) in [6, 6.07) is 49.8. The molecule has 5 heteroatoms. The molecule has 7 aromatic rings. The lowest BCUT2D eigenvalue weighted by atomic mass is 9.75. The van der Waals surface area contributed by atoms with Crippen LogP contribution in [0.5, 0.6) is 0 Å². The van der Waals surface area contributed by atoms with Gasteiger partial charge in [-0.15, -0.1) is 0 Å². The van der Waals surface area contributed by atoms with Crippen LogP contribution in [0.15, 0.2) is 152 Å². The van der Waals surface area contributed by atoms with Crippen molar-refractivity contribution in [2.75, 3.05) is 0 Å². The number of benzene rings is 5. The topological polar surface area (TPSA) is 44.2 Å². The maximum Gasteiger partial charge on any atom is 0.494 e. The van der Waals surface area contributed by atoms with Gasteiger partial charge in [-0.2, -0.15) is 0 Å². The molecule has 8 rings (SSSR count). The van der Waals surface area contributed by atoms with E-state index in [-0.39, 0.29) is 0 Å². The second-order valence-electron chi connectivity index (χ2n) is 15.1. The molecule has 0 N–H and O–H groups in total. The Kier molecular flexibility index (Phi) is 8.94. The summed E-state index contributed by atoms with van der Waals surface area (Å²) in [5.41, 5.74) is 15.5. The van der Waals surface area contributed by atoms with Crippen molar-refractivity contribution in [1.82, 2.24) is 9.97 Å². The average Bonchev–Trinajstić information content (AvgIpc) is 3.41. The molecular formula is C48H43BN2O2. The van der Waals surface area contributed by atoms with Crippen molar-refractivity contribution in [2.24, 2.45) is 0 Å². The van der Waals surface area contributed by atoms with E-state index >= 15 is 0 Å². The number of nitrogens with zero attached hydrogens (tertiary/aromatic N) is 2. The zero-order valence-corrected chi connectivity index (χ0v) is 31.2. The van der Waals surface area contributed by atoms with Crippen molar-refractivity contribution in [3.63, 3.8) is 0 Å². The fourth-order valence-electron chi connectivity index (χ4n) is 6.97. The molecule has 0 atom stereocenters. The summed E-state index contributed by atoms with van der Waals surface area (Å²) < 4.78 is 13.3. The Morgan fingerprint density at radius 1 is 0.415 bits per heavy atom. The maximum absolute atomic E-state index is 6.65. The van der Waals surface area contributed by atoms with Crippen LogP contribution in [0.3, 0.4) is 0 Å². The summed E-state index contributed by atoms with van der Waals surface area (Å²) in [7, 11) is -0.513. The lowest BCUT2D eigenvalue weighted by molar-refractivity contribution is 0.00578. The van der Waals surface area contributed by atoms with E-state index in [4.69, 9.17) is 9.31 Å². The van der Waals surface area contributed by atoms with Crippen LogP contribution in [0, 0.1) is 13.8 Å². The van der Waals surface area contributed by atoms with Gasteiger partial charge < -0.3 is 9.31 Å². The molecule has 5 aromatic carbocycles.